The van der Waals surface area contributed by atoms with Crippen LogP contribution in [0.25, 0.3) is 0 Å². The molecule has 6 nitrogen and oxygen atoms in total. The van der Waals surface area contributed by atoms with Gasteiger partial charge in [0.15, 0.2) is 5.82 Å². The molecule has 1 fully saturated rings. The number of nitrogens with zero attached hydrogens (tertiary/aromatic N) is 3. The predicted molar refractivity (Wildman–Crippen MR) is 75.0 cm³/mol. The van der Waals surface area contributed by atoms with Crippen molar-refractivity contribution in [2.24, 2.45) is 5.92 Å². The van der Waals surface area contributed by atoms with Gasteiger partial charge in [0.25, 0.3) is 0 Å². The number of hydrogen-bond donors (Lipinski definition) is 1. The van der Waals surface area contributed by atoms with Crippen molar-refractivity contribution < 1.29 is 9.32 Å². The summed E-state index contributed by atoms with van der Waals surface area (Å²) in [5.41, 5.74) is 0. The van der Waals surface area contributed by atoms with Crippen LogP contribution in [0.4, 0.5) is 0 Å². The second-order valence-electron chi connectivity index (χ2n) is 5.43. The fourth-order valence-electron chi connectivity index (χ4n) is 2.48. The van der Waals surface area contributed by atoms with E-state index in [-0.39, 0.29) is 11.8 Å². The van der Waals surface area contributed by atoms with Crippen molar-refractivity contribution in [3.63, 3.8) is 0 Å². The van der Waals surface area contributed by atoms with Crippen LogP contribution in [0.5, 0.6) is 0 Å². The number of carbonyl (C=O) groups is 1. The van der Waals surface area contributed by atoms with Crippen molar-refractivity contribution in [2.45, 2.75) is 46.1 Å². The van der Waals surface area contributed by atoms with E-state index < -0.39 is 0 Å². The molecule has 1 aromatic rings. The van der Waals surface area contributed by atoms with Crippen LogP contribution >= 0.6 is 0 Å². The molecule has 2 rings (SSSR count). The number of amides is 1. The molecule has 0 unspecified atom stereocenters. The summed E-state index contributed by atoms with van der Waals surface area (Å²) >= 11 is 0. The van der Waals surface area contributed by atoms with Crippen LogP contribution in [0.2, 0.25) is 0 Å². The minimum absolute atomic E-state index is 0.160. The summed E-state index contributed by atoms with van der Waals surface area (Å²) in [6.07, 6.45) is 3.99. The van der Waals surface area contributed by atoms with Crippen molar-refractivity contribution >= 4 is 5.91 Å². The molecule has 20 heavy (non-hydrogen) atoms. The number of nitrogens with one attached hydrogen (secondary N) is 1. The van der Waals surface area contributed by atoms with Gasteiger partial charge in [0, 0.05) is 12.5 Å². The molecule has 1 amide bonds. The molecule has 0 aromatic carbocycles. The third kappa shape index (κ3) is 4.30. The first-order valence-corrected chi connectivity index (χ1v) is 7.48. The second kappa shape index (κ2) is 7.38. The van der Waals surface area contributed by atoms with E-state index in [1.807, 2.05) is 6.92 Å². The SMILES string of the molecule is CCCCNC(=O)C1CCN(Cc2nc(C)no2)CC1. The average Bonchev–Trinajstić information content (AvgIpc) is 2.85. The van der Waals surface area contributed by atoms with Crippen LogP contribution in [-0.4, -0.2) is 40.6 Å². The summed E-state index contributed by atoms with van der Waals surface area (Å²) < 4.78 is 5.12. The van der Waals surface area contributed by atoms with Gasteiger partial charge in [0.2, 0.25) is 11.8 Å². The van der Waals surface area contributed by atoms with E-state index in [0.29, 0.717) is 18.3 Å². The number of hydrogen-bond acceptors (Lipinski definition) is 5. The lowest BCUT2D eigenvalue weighted by Crippen LogP contribution is -2.40. The Kier molecular flexibility index (Phi) is 5.52. The molecule has 0 aliphatic carbocycles. The molecule has 112 valence electrons. The number of piperidine rings is 1. The first-order chi connectivity index (χ1) is 9.69. The summed E-state index contributed by atoms with van der Waals surface area (Å²) in [6, 6.07) is 0. The highest BCUT2D eigenvalue weighted by molar-refractivity contribution is 5.78. The van der Waals surface area contributed by atoms with Crippen LogP contribution in [0, 0.1) is 12.8 Å². The Balaban J connectivity index is 1.70. The van der Waals surface area contributed by atoms with Crippen LogP contribution in [0.3, 0.4) is 0 Å². The lowest BCUT2D eigenvalue weighted by atomic mass is 9.96. The number of unbranched alkanes of at least 4 members (excludes halogenated alkanes) is 1. The van der Waals surface area contributed by atoms with Gasteiger partial charge in [-0.15, -0.1) is 0 Å². The van der Waals surface area contributed by atoms with Gasteiger partial charge in [0.1, 0.15) is 0 Å². The Morgan fingerprint density at radius 1 is 1.45 bits per heavy atom. The fourth-order valence-corrected chi connectivity index (χ4v) is 2.48. The first-order valence-electron chi connectivity index (χ1n) is 7.48. The van der Waals surface area contributed by atoms with Gasteiger partial charge < -0.3 is 9.84 Å². The van der Waals surface area contributed by atoms with E-state index in [1.54, 1.807) is 0 Å². The smallest absolute Gasteiger partial charge is 0.240 e. The molecule has 0 spiro atoms. The molecule has 0 atom stereocenters. The Morgan fingerprint density at radius 3 is 2.80 bits per heavy atom. The minimum atomic E-state index is 0.160. The zero-order valence-electron chi connectivity index (χ0n) is 12.4. The summed E-state index contributed by atoms with van der Waals surface area (Å²) in [6.45, 7) is 7.26. The molecular weight excluding hydrogens is 256 g/mol. The standard InChI is InChI=1S/C14H24N4O2/c1-3-4-7-15-14(19)12-5-8-18(9-6-12)10-13-16-11(2)17-20-13/h12H,3-10H2,1-2H3,(H,15,19). The summed E-state index contributed by atoms with van der Waals surface area (Å²) in [5, 5.41) is 6.81. The second-order valence-corrected chi connectivity index (χ2v) is 5.43. The maximum atomic E-state index is 12.0. The monoisotopic (exact) mass is 280 g/mol. The van der Waals surface area contributed by atoms with E-state index in [4.69, 9.17) is 4.52 Å². The first kappa shape index (κ1) is 15.0. The Bertz CT molecular complexity index is 425. The van der Waals surface area contributed by atoms with E-state index in [1.165, 1.54) is 0 Å². The fraction of sp³-hybridized carbons (Fsp3) is 0.786. The number of rotatable bonds is 6. The molecule has 0 bridgehead atoms. The van der Waals surface area contributed by atoms with Crippen molar-refractivity contribution in [1.29, 1.82) is 0 Å². The number of aromatic nitrogens is 2. The van der Waals surface area contributed by atoms with Gasteiger partial charge >= 0.3 is 0 Å². The molecule has 1 aromatic heterocycles. The Hall–Kier alpha value is -1.43. The molecular formula is C14H24N4O2. The van der Waals surface area contributed by atoms with E-state index >= 15 is 0 Å². The molecule has 6 heteroatoms. The van der Waals surface area contributed by atoms with Gasteiger partial charge in [-0.2, -0.15) is 4.98 Å². The Labute approximate surface area is 119 Å². The van der Waals surface area contributed by atoms with Crippen molar-refractivity contribution in [2.75, 3.05) is 19.6 Å². The van der Waals surface area contributed by atoms with E-state index in [2.05, 4.69) is 27.3 Å². The molecule has 0 radical (unpaired) electrons. The number of likely N-dealkylation sites (tertiary alicyclic amines) is 1. The zero-order valence-corrected chi connectivity index (χ0v) is 12.4. The summed E-state index contributed by atoms with van der Waals surface area (Å²) in [7, 11) is 0. The van der Waals surface area contributed by atoms with Gasteiger partial charge in [-0.3, -0.25) is 9.69 Å². The molecule has 1 aliphatic heterocycles. The highest BCUT2D eigenvalue weighted by atomic mass is 16.5. The van der Waals surface area contributed by atoms with Gasteiger partial charge in [0.05, 0.1) is 6.54 Å². The summed E-state index contributed by atoms with van der Waals surface area (Å²) in [5.74, 6) is 1.71. The molecule has 2 heterocycles. The van der Waals surface area contributed by atoms with Crippen LogP contribution in [0.15, 0.2) is 4.52 Å². The Morgan fingerprint density at radius 2 is 2.20 bits per heavy atom. The van der Waals surface area contributed by atoms with E-state index in [9.17, 15) is 4.79 Å². The third-order valence-corrected chi connectivity index (χ3v) is 3.72. The van der Waals surface area contributed by atoms with Crippen LogP contribution in [0.1, 0.15) is 44.3 Å². The molecule has 1 N–H and O–H groups in total. The molecule has 0 saturated carbocycles. The molecule has 1 saturated heterocycles. The minimum Gasteiger partial charge on any atom is -0.356 e. The topological polar surface area (TPSA) is 71.3 Å². The highest BCUT2D eigenvalue weighted by Gasteiger charge is 2.25. The zero-order chi connectivity index (χ0) is 14.4. The number of carbonyl (C=O) groups excluding carboxylic acids is 1. The van der Waals surface area contributed by atoms with Crippen molar-refractivity contribution in [3.05, 3.63) is 11.7 Å². The maximum absolute atomic E-state index is 12.0. The lowest BCUT2D eigenvalue weighted by Gasteiger charge is -2.30. The van der Waals surface area contributed by atoms with Gasteiger partial charge in [-0.1, -0.05) is 18.5 Å². The predicted octanol–water partition coefficient (Wildman–Crippen LogP) is 1.51. The quantitative estimate of drug-likeness (QED) is 0.800. The third-order valence-electron chi connectivity index (χ3n) is 3.72. The average molecular weight is 280 g/mol. The van der Waals surface area contributed by atoms with Crippen molar-refractivity contribution in [1.82, 2.24) is 20.4 Å². The highest BCUT2D eigenvalue weighted by Crippen LogP contribution is 2.18. The van der Waals surface area contributed by atoms with Crippen LogP contribution < -0.4 is 5.32 Å². The number of aryl methyl sites for hydroxylation is 1. The normalized spacial score (nSPS) is 17.3. The lowest BCUT2D eigenvalue weighted by molar-refractivity contribution is -0.126. The van der Waals surface area contributed by atoms with Crippen LogP contribution in [-0.2, 0) is 11.3 Å². The van der Waals surface area contributed by atoms with E-state index in [0.717, 1.165) is 45.3 Å². The van der Waals surface area contributed by atoms with Crippen molar-refractivity contribution in [3.8, 4) is 0 Å². The molecule has 1 aliphatic rings. The van der Waals surface area contributed by atoms with Gasteiger partial charge in [-0.05, 0) is 39.3 Å². The van der Waals surface area contributed by atoms with Gasteiger partial charge in [-0.25, -0.2) is 0 Å². The summed E-state index contributed by atoms with van der Waals surface area (Å²) in [4.78, 5) is 18.4. The largest absolute Gasteiger partial charge is 0.356 e. The maximum Gasteiger partial charge on any atom is 0.240 e.